The molecule has 0 fully saturated rings. The first-order valence-corrected chi connectivity index (χ1v) is 9.60. The molecular formula is C22H32O8. The van der Waals surface area contributed by atoms with Gasteiger partial charge < -0.3 is 28.4 Å². The maximum atomic E-state index is 12.4. The van der Waals surface area contributed by atoms with Crippen molar-refractivity contribution in [2.24, 2.45) is 0 Å². The van der Waals surface area contributed by atoms with Crippen LogP contribution in [0.2, 0.25) is 0 Å². The van der Waals surface area contributed by atoms with Crippen molar-refractivity contribution in [2.75, 3.05) is 48.4 Å². The van der Waals surface area contributed by atoms with E-state index in [1.54, 1.807) is 20.3 Å². The second kappa shape index (κ2) is 13.6. The third-order valence-corrected chi connectivity index (χ3v) is 4.45. The number of hydrogen-bond acceptors (Lipinski definition) is 8. The first-order chi connectivity index (χ1) is 14.4. The van der Waals surface area contributed by atoms with E-state index in [1.165, 1.54) is 14.2 Å². The number of allylic oxidation sites excluding steroid dienone is 2. The summed E-state index contributed by atoms with van der Waals surface area (Å²) in [6, 6.07) is 1.67. The molecule has 0 atom stereocenters. The van der Waals surface area contributed by atoms with Crippen molar-refractivity contribution in [3.63, 3.8) is 0 Å². The van der Waals surface area contributed by atoms with Gasteiger partial charge in [0.25, 0.3) is 0 Å². The van der Waals surface area contributed by atoms with Crippen LogP contribution in [0.25, 0.3) is 0 Å². The molecule has 168 valence electrons. The van der Waals surface area contributed by atoms with Gasteiger partial charge in [-0.25, -0.2) is 4.79 Å². The fraction of sp³-hybridized carbons (Fsp3) is 0.545. The molecule has 0 unspecified atom stereocenters. The van der Waals surface area contributed by atoms with Crippen LogP contribution in [0, 0.1) is 6.92 Å². The normalized spacial score (nSPS) is 11.2. The van der Waals surface area contributed by atoms with Gasteiger partial charge in [-0.3, -0.25) is 4.79 Å². The molecule has 0 radical (unpaired) electrons. The Morgan fingerprint density at radius 3 is 2.33 bits per heavy atom. The highest BCUT2D eigenvalue weighted by Crippen LogP contribution is 2.37. The van der Waals surface area contributed by atoms with E-state index in [0.717, 1.165) is 11.1 Å². The Bertz CT molecular complexity index is 739. The van der Waals surface area contributed by atoms with E-state index in [9.17, 15) is 9.59 Å². The number of carbonyl (C=O) groups is 2. The Hall–Kier alpha value is -2.58. The van der Waals surface area contributed by atoms with Gasteiger partial charge in [0.15, 0.2) is 6.79 Å². The maximum Gasteiger partial charge on any atom is 0.341 e. The molecule has 0 aromatic heterocycles. The van der Waals surface area contributed by atoms with Gasteiger partial charge in [0.05, 0.1) is 34.5 Å². The Morgan fingerprint density at radius 2 is 1.73 bits per heavy atom. The molecule has 1 aromatic rings. The van der Waals surface area contributed by atoms with E-state index >= 15 is 0 Å². The Balaban J connectivity index is 3.21. The summed E-state index contributed by atoms with van der Waals surface area (Å²) in [5, 5.41) is 0. The van der Waals surface area contributed by atoms with Crippen LogP contribution >= 0.6 is 0 Å². The van der Waals surface area contributed by atoms with Gasteiger partial charge in [-0.05, 0) is 38.3 Å². The van der Waals surface area contributed by atoms with E-state index in [-0.39, 0.29) is 12.8 Å². The van der Waals surface area contributed by atoms with Crippen molar-refractivity contribution in [1.82, 2.24) is 0 Å². The largest absolute Gasteiger partial charge is 0.496 e. The topological polar surface area (TPSA) is 89.5 Å². The van der Waals surface area contributed by atoms with Crippen LogP contribution < -0.4 is 9.47 Å². The molecule has 1 rings (SSSR count). The molecule has 0 aliphatic heterocycles. The molecule has 0 bridgehead atoms. The van der Waals surface area contributed by atoms with Gasteiger partial charge in [-0.1, -0.05) is 11.6 Å². The highest BCUT2D eigenvalue weighted by molar-refractivity contribution is 5.94. The summed E-state index contributed by atoms with van der Waals surface area (Å²) in [6.45, 7) is 4.51. The second-order valence-electron chi connectivity index (χ2n) is 6.57. The van der Waals surface area contributed by atoms with Crippen molar-refractivity contribution in [3.8, 4) is 11.5 Å². The minimum absolute atomic E-state index is 0.0579. The van der Waals surface area contributed by atoms with Crippen LogP contribution in [0.4, 0.5) is 0 Å². The van der Waals surface area contributed by atoms with Gasteiger partial charge in [0.2, 0.25) is 0 Å². The summed E-state index contributed by atoms with van der Waals surface area (Å²) < 4.78 is 31.4. The van der Waals surface area contributed by atoms with Crippen molar-refractivity contribution >= 4 is 11.9 Å². The summed E-state index contributed by atoms with van der Waals surface area (Å²) in [4.78, 5) is 23.7. The monoisotopic (exact) mass is 424 g/mol. The number of benzene rings is 1. The average molecular weight is 424 g/mol. The third-order valence-electron chi connectivity index (χ3n) is 4.45. The summed E-state index contributed by atoms with van der Waals surface area (Å²) in [6.07, 6.45) is 3.28. The van der Waals surface area contributed by atoms with Crippen LogP contribution in [-0.2, 0) is 30.2 Å². The average Bonchev–Trinajstić information content (AvgIpc) is 2.75. The van der Waals surface area contributed by atoms with Crippen LogP contribution in [0.1, 0.15) is 41.3 Å². The lowest BCUT2D eigenvalue weighted by atomic mass is 9.98. The van der Waals surface area contributed by atoms with E-state index in [1.807, 2.05) is 19.9 Å². The number of aryl methyl sites for hydroxylation is 1. The molecule has 0 spiro atoms. The zero-order valence-electron chi connectivity index (χ0n) is 18.7. The van der Waals surface area contributed by atoms with Gasteiger partial charge in [0.1, 0.15) is 17.1 Å². The zero-order chi connectivity index (χ0) is 22.5. The lowest BCUT2D eigenvalue weighted by molar-refractivity contribution is -0.140. The highest BCUT2D eigenvalue weighted by atomic mass is 16.7. The lowest BCUT2D eigenvalue weighted by Crippen LogP contribution is -2.14. The van der Waals surface area contributed by atoms with Crippen molar-refractivity contribution in [2.45, 2.75) is 33.1 Å². The molecule has 0 aliphatic carbocycles. The summed E-state index contributed by atoms with van der Waals surface area (Å²) in [5.41, 5.74) is 2.78. The van der Waals surface area contributed by atoms with Crippen LogP contribution in [0.15, 0.2) is 17.7 Å². The Labute approximate surface area is 178 Å². The Morgan fingerprint density at radius 1 is 1.00 bits per heavy atom. The molecule has 0 saturated carbocycles. The minimum atomic E-state index is -0.514. The van der Waals surface area contributed by atoms with Crippen LogP contribution in [-0.4, -0.2) is 60.4 Å². The van der Waals surface area contributed by atoms with E-state index in [4.69, 9.17) is 23.7 Å². The van der Waals surface area contributed by atoms with Crippen LogP contribution in [0.5, 0.6) is 11.5 Å². The number of rotatable bonds is 13. The van der Waals surface area contributed by atoms with Crippen molar-refractivity contribution in [1.29, 1.82) is 0 Å². The van der Waals surface area contributed by atoms with E-state index in [0.29, 0.717) is 55.1 Å². The van der Waals surface area contributed by atoms with E-state index < -0.39 is 5.97 Å². The minimum Gasteiger partial charge on any atom is -0.496 e. The molecule has 0 aliphatic rings. The smallest absolute Gasteiger partial charge is 0.341 e. The molecule has 8 nitrogen and oxygen atoms in total. The molecule has 0 heterocycles. The third kappa shape index (κ3) is 7.68. The first-order valence-electron chi connectivity index (χ1n) is 9.60. The van der Waals surface area contributed by atoms with E-state index in [2.05, 4.69) is 4.74 Å². The predicted octanol–water partition coefficient (Wildman–Crippen LogP) is 3.23. The highest BCUT2D eigenvalue weighted by Gasteiger charge is 2.23. The zero-order valence-corrected chi connectivity index (χ0v) is 18.7. The summed E-state index contributed by atoms with van der Waals surface area (Å²) in [7, 11) is 5.83. The molecule has 0 saturated heterocycles. The Kier molecular flexibility index (Phi) is 11.5. The summed E-state index contributed by atoms with van der Waals surface area (Å²) >= 11 is 0. The number of ether oxygens (including phenoxy) is 6. The van der Waals surface area contributed by atoms with Gasteiger partial charge in [-0.2, -0.15) is 0 Å². The number of methoxy groups -OCH3 is 4. The van der Waals surface area contributed by atoms with Gasteiger partial charge in [-0.15, -0.1) is 0 Å². The summed E-state index contributed by atoms with van der Waals surface area (Å²) in [5.74, 6) is 0.187. The lowest BCUT2D eigenvalue weighted by Gasteiger charge is -2.19. The van der Waals surface area contributed by atoms with Gasteiger partial charge >= 0.3 is 11.9 Å². The number of esters is 2. The number of hydrogen-bond donors (Lipinski definition) is 0. The molecule has 1 aromatic carbocycles. The first kappa shape index (κ1) is 25.5. The van der Waals surface area contributed by atoms with Crippen molar-refractivity contribution < 1.29 is 38.0 Å². The molecule has 0 amide bonds. The van der Waals surface area contributed by atoms with Gasteiger partial charge in [0, 0.05) is 19.1 Å². The fourth-order valence-corrected chi connectivity index (χ4v) is 2.83. The quantitative estimate of drug-likeness (QED) is 0.206. The second-order valence-corrected chi connectivity index (χ2v) is 6.57. The predicted molar refractivity (Wildman–Crippen MR) is 111 cm³/mol. The SMILES string of the molecule is COCCOCOc1c(C(=O)OC)cc(C)c(OC)c1C/C=C(\C)CCC(=O)OC. The molecule has 30 heavy (non-hydrogen) atoms. The molecular weight excluding hydrogens is 392 g/mol. The molecule has 0 N–H and O–H groups in total. The standard InChI is InChI=1S/C22H32O8/c1-15(8-10-19(23)26-4)7-9-17-20(27-5)16(2)13-18(22(24)28-6)21(17)30-14-29-12-11-25-3/h7,13H,8-12,14H2,1-6H3/b15-7+. The fourth-order valence-electron chi connectivity index (χ4n) is 2.83. The van der Waals surface area contributed by atoms with Crippen LogP contribution in [0.3, 0.4) is 0 Å². The number of carbonyl (C=O) groups excluding carboxylic acids is 2. The van der Waals surface area contributed by atoms with Crippen molar-refractivity contribution in [3.05, 3.63) is 34.4 Å². The maximum absolute atomic E-state index is 12.4. The molecule has 8 heteroatoms.